The summed E-state index contributed by atoms with van der Waals surface area (Å²) in [5, 5.41) is 12.3. The highest BCUT2D eigenvalue weighted by atomic mass is 16.2. The molecule has 0 atom stereocenters. The van der Waals surface area contributed by atoms with Gasteiger partial charge in [0.15, 0.2) is 0 Å². The Morgan fingerprint density at radius 2 is 2.00 bits per heavy atom. The van der Waals surface area contributed by atoms with E-state index in [1.54, 1.807) is 12.4 Å². The molecule has 1 aliphatic carbocycles. The SMILES string of the molecule is Cc1cncc(NC(=O)C2(C#N)CCCCCC2)c1. The van der Waals surface area contributed by atoms with Crippen molar-refractivity contribution in [2.75, 3.05) is 5.32 Å². The van der Waals surface area contributed by atoms with Crippen LogP contribution in [0.15, 0.2) is 18.5 Å². The number of rotatable bonds is 2. The number of aryl methyl sites for hydroxylation is 1. The van der Waals surface area contributed by atoms with Crippen molar-refractivity contribution in [1.29, 1.82) is 5.26 Å². The van der Waals surface area contributed by atoms with Crippen LogP contribution in [0.1, 0.15) is 44.1 Å². The van der Waals surface area contributed by atoms with Gasteiger partial charge in [0.25, 0.3) is 0 Å². The summed E-state index contributed by atoms with van der Waals surface area (Å²) in [5.41, 5.74) is 0.800. The van der Waals surface area contributed by atoms with Gasteiger partial charge in [-0.2, -0.15) is 5.26 Å². The molecule has 4 nitrogen and oxygen atoms in total. The highest BCUT2D eigenvalue weighted by Crippen LogP contribution is 2.35. The van der Waals surface area contributed by atoms with E-state index in [1.165, 1.54) is 0 Å². The molecule has 0 saturated heterocycles. The summed E-state index contributed by atoms with van der Waals surface area (Å²) in [7, 11) is 0. The van der Waals surface area contributed by atoms with Crippen LogP contribution < -0.4 is 5.32 Å². The van der Waals surface area contributed by atoms with Gasteiger partial charge in [-0.05, 0) is 31.4 Å². The topological polar surface area (TPSA) is 65.8 Å². The van der Waals surface area contributed by atoms with E-state index in [-0.39, 0.29) is 5.91 Å². The van der Waals surface area contributed by atoms with Crippen molar-refractivity contribution in [2.24, 2.45) is 5.41 Å². The molecule has 0 bridgehead atoms. The zero-order valence-electron chi connectivity index (χ0n) is 11.3. The van der Waals surface area contributed by atoms with Crippen molar-refractivity contribution in [1.82, 2.24) is 4.98 Å². The molecular formula is C15H19N3O. The number of carbonyl (C=O) groups is 1. The summed E-state index contributed by atoms with van der Waals surface area (Å²) >= 11 is 0. The standard InChI is InChI=1S/C15H19N3O/c1-12-8-13(10-17-9-12)18-14(19)15(11-16)6-4-2-3-5-7-15/h8-10H,2-7H2,1H3,(H,18,19). The minimum absolute atomic E-state index is 0.177. The fourth-order valence-electron chi connectivity index (χ4n) is 2.60. The summed E-state index contributed by atoms with van der Waals surface area (Å²) < 4.78 is 0. The molecule has 1 heterocycles. The van der Waals surface area contributed by atoms with Gasteiger partial charge in [-0.3, -0.25) is 9.78 Å². The molecule has 1 aromatic heterocycles. The number of hydrogen-bond donors (Lipinski definition) is 1. The van der Waals surface area contributed by atoms with Crippen LogP contribution in [0.25, 0.3) is 0 Å². The van der Waals surface area contributed by atoms with E-state index in [4.69, 9.17) is 0 Å². The van der Waals surface area contributed by atoms with Gasteiger partial charge in [0.2, 0.25) is 5.91 Å². The fourth-order valence-corrected chi connectivity index (χ4v) is 2.60. The predicted molar refractivity (Wildman–Crippen MR) is 73.4 cm³/mol. The van der Waals surface area contributed by atoms with E-state index in [0.29, 0.717) is 18.5 Å². The lowest BCUT2D eigenvalue weighted by Crippen LogP contribution is -2.34. The molecule has 1 aliphatic rings. The van der Waals surface area contributed by atoms with Crippen molar-refractivity contribution in [3.05, 3.63) is 24.0 Å². The van der Waals surface area contributed by atoms with Gasteiger partial charge in [0.05, 0.1) is 18.0 Å². The summed E-state index contributed by atoms with van der Waals surface area (Å²) in [6.07, 6.45) is 8.81. The highest BCUT2D eigenvalue weighted by Gasteiger charge is 2.38. The van der Waals surface area contributed by atoms with Gasteiger partial charge in [-0.15, -0.1) is 0 Å². The van der Waals surface area contributed by atoms with Crippen LogP contribution in [0.4, 0.5) is 5.69 Å². The molecular weight excluding hydrogens is 238 g/mol. The van der Waals surface area contributed by atoms with Gasteiger partial charge < -0.3 is 5.32 Å². The van der Waals surface area contributed by atoms with Crippen LogP contribution >= 0.6 is 0 Å². The second-order valence-electron chi connectivity index (χ2n) is 5.31. The van der Waals surface area contributed by atoms with Gasteiger partial charge in [-0.1, -0.05) is 25.7 Å². The lowest BCUT2D eigenvalue weighted by Gasteiger charge is -2.23. The van der Waals surface area contributed by atoms with Crippen molar-refractivity contribution in [3.63, 3.8) is 0 Å². The van der Waals surface area contributed by atoms with Crippen molar-refractivity contribution in [2.45, 2.75) is 45.4 Å². The number of carbonyl (C=O) groups excluding carboxylic acids is 1. The molecule has 1 fully saturated rings. The first kappa shape index (κ1) is 13.5. The molecule has 1 N–H and O–H groups in total. The minimum Gasteiger partial charge on any atom is -0.323 e. The van der Waals surface area contributed by atoms with Gasteiger partial charge in [0, 0.05) is 6.20 Å². The van der Waals surface area contributed by atoms with Gasteiger partial charge in [-0.25, -0.2) is 0 Å². The van der Waals surface area contributed by atoms with Crippen molar-refractivity contribution >= 4 is 11.6 Å². The zero-order valence-corrected chi connectivity index (χ0v) is 11.3. The van der Waals surface area contributed by atoms with Crippen molar-refractivity contribution < 1.29 is 4.79 Å². The number of nitrogens with zero attached hydrogens (tertiary/aromatic N) is 2. The molecule has 4 heteroatoms. The Labute approximate surface area is 113 Å². The maximum atomic E-state index is 12.4. The number of hydrogen-bond acceptors (Lipinski definition) is 3. The van der Waals surface area contributed by atoms with E-state index in [9.17, 15) is 10.1 Å². The normalized spacial score (nSPS) is 18.1. The lowest BCUT2D eigenvalue weighted by molar-refractivity contribution is -0.123. The Kier molecular flexibility index (Phi) is 4.16. The Hall–Kier alpha value is -1.89. The van der Waals surface area contributed by atoms with Gasteiger partial charge >= 0.3 is 0 Å². The maximum Gasteiger partial charge on any atom is 0.244 e. The van der Waals surface area contributed by atoms with E-state index in [1.807, 2.05) is 13.0 Å². The summed E-state index contributed by atoms with van der Waals surface area (Å²) in [6, 6.07) is 4.13. The third-order valence-electron chi connectivity index (χ3n) is 3.74. The third-order valence-corrected chi connectivity index (χ3v) is 3.74. The summed E-state index contributed by atoms with van der Waals surface area (Å²) in [6.45, 7) is 1.92. The number of pyridine rings is 1. The van der Waals surface area contributed by atoms with E-state index < -0.39 is 5.41 Å². The quantitative estimate of drug-likeness (QED) is 0.827. The second-order valence-corrected chi connectivity index (χ2v) is 5.31. The largest absolute Gasteiger partial charge is 0.323 e. The molecule has 0 unspecified atom stereocenters. The first-order valence-electron chi connectivity index (χ1n) is 6.81. The van der Waals surface area contributed by atoms with E-state index in [0.717, 1.165) is 31.2 Å². The number of amides is 1. The average molecular weight is 257 g/mol. The van der Waals surface area contributed by atoms with E-state index >= 15 is 0 Å². The monoisotopic (exact) mass is 257 g/mol. The second kappa shape index (κ2) is 5.83. The summed E-state index contributed by atoms with van der Waals surface area (Å²) in [4.78, 5) is 16.5. The van der Waals surface area contributed by atoms with Crippen LogP contribution in [0.5, 0.6) is 0 Å². The summed E-state index contributed by atoms with van der Waals surface area (Å²) in [5.74, 6) is -0.177. The van der Waals surface area contributed by atoms with Crippen LogP contribution in [0, 0.1) is 23.7 Å². The Morgan fingerprint density at radius 3 is 2.58 bits per heavy atom. The first-order valence-corrected chi connectivity index (χ1v) is 6.81. The Balaban J connectivity index is 2.15. The van der Waals surface area contributed by atoms with Crippen molar-refractivity contribution in [3.8, 4) is 6.07 Å². The lowest BCUT2D eigenvalue weighted by atomic mass is 9.81. The number of nitriles is 1. The maximum absolute atomic E-state index is 12.4. The van der Waals surface area contributed by atoms with Crippen LogP contribution in [0.3, 0.4) is 0 Å². The molecule has 0 aliphatic heterocycles. The highest BCUT2D eigenvalue weighted by molar-refractivity contribution is 5.97. The molecule has 100 valence electrons. The Morgan fingerprint density at radius 1 is 1.32 bits per heavy atom. The molecule has 19 heavy (non-hydrogen) atoms. The molecule has 0 aromatic carbocycles. The molecule has 2 rings (SSSR count). The number of nitrogens with one attached hydrogen (secondary N) is 1. The average Bonchev–Trinajstić information content (AvgIpc) is 2.65. The Bertz CT molecular complexity index is 496. The fraction of sp³-hybridized carbons (Fsp3) is 0.533. The molecule has 1 saturated carbocycles. The molecule has 0 spiro atoms. The van der Waals surface area contributed by atoms with Crippen LogP contribution in [-0.2, 0) is 4.79 Å². The number of aromatic nitrogens is 1. The molecule has 1 aromatic rings. The third kappa shape index (κ3) is 3.11. The van der Waals surface area contributed by atoms with E-state index in [2.05, 4.69) is 16.4 Å². The number of anilines is 1. The zero-order chi connectivity index (χ0) is 13.7. The molecule has 0 radical (unpaired) electrons. The molecule has 1 amide bonds. The predicted octanol–water partition coefficient (Wildman–Crippen LogP) is 3.19. The smallest absolute Gasteiger partial charge is 0.244 e. The first-order chi connectivity index (χ1) is 9.16. The van der Waals surface area contributed by atoms with Gasteiger partial charge in [0.1, 0.15) is 5.41 Å². The van der Waals surface area contributed by atoms with Crippen LogP contribution in [0.2, 0.25) is 0 Å². The van der Waals surface area contributed by atoms with Crippen LogP contribution in [-0.4, -0.2) is 10.9 Å². The minimum atomic E-state index is -0.861.